The summed E-state index contributed by atoms with van der Waals surface area (Å²) in [6.45, 7) is 5.59. The van der Waals surface area contributed by atoms with E-state index < -0.39 is 17.6 Å². The van der Waals surface area contributed by atoms with Gasteiger partial charge in [0, 0.05) is 54.3 Å². The Morgan fingerprint density at radius 2 is 1.80 bits per heavy atom. The number of halogens is 1. The summed E-state index contributed by atoms with van der Waals surface area (Å²) in [4.78, 5) is 44.6. The molecule has 3 amide bonds. The molecule has 41 heavy (non-hydrogen) atoms. The number of phenols is 1. The fraction of sp³-hybridized carbons (Fsp3) is 0.267. The summed E-state index contributed by atoms with van der Waals surface area (Å²) in [7, 11) is 1.62. The molecule has 212 valence electrons. The minimum absolute atomic E-state index is 0.0496. The smallest absolute Gasteiger partial charge is 0.413 e. The van der Waals surface area contributed by atoms with Crippen LogP contribution in [0.25, 0.3) is 10.8 Å². The molecule has 4 aromatic rings. The molecule has 3 aromatic carbocycles. The van der Waals surface area contributed by atoms with Gasteiger partial charge < -0.3 is 24.6 Å². The number of imidazole rings is 1. The summed E-state index contributed by atoms with van der Waals surface area (Å²) in [5.41, 5.74) is 1.60. The summed E-state index contributed by atoms with van der Waals surface area (Å²) in [5.74, 6) is -0.303. The van der Waals surface area contributed by atoms with Crippen LogP contribution in [0.1, 0.15) is 53.2 Å². The lowest BCUT2D eigenvalue weighted by molar-refractivity contribution is 0.0634. The summed E-state index contributed by atoms with van der Waals surface area (Å²) in [5, 5.41) is 17.5. The number of hydrogen-bond acceptors (Lipinski definition) is 6. The molecule has 11 heteroatoms. The van der Waals surface area contributed by atoms with Crippen LogP contribution < -0.4 is 15.5 Å². The quantitative estimate of drug-likeness (QED) is 0.256. The fourth-order valence-corrected chi connectivity index (χ4v) is 5.22. The third-order valence-corrected chi connectivity index (χ3v) is 7.02. The number of nitrogens with one attached hydrogen (secondary N) is 2. The number of aromatic hydroxyl groups is 1. The van der Waals surface area contributed by atoms with E-state index in [4.69, 9.17) is 16.3 Å². The molecule has 0 saturated heterocycles. The van der Waals surface area contributed by atoms with Crippen molar-refractivity contribution in [2.45, 2.75) is 32.3 Å². The number of carbonyl (C=O) groups excluding carboxylic acids is 3. The third-order valence-electron chi connectivity index (χ3n) is 6.65. The van der Waals surface area contributed by atoms with E-state index in [2.05, 4.69) is 15.6 Å². The van der Waals surface area contributed by atoms with Gasteiger partial charge in [-0.1, -0.05) is 30.3 Å². The number of rotatable bonds is 5. The van der Waals surface area contributed by atoms with E-state index in [9.17, 15) is 19.5 Å². The SMILES string of the molecule is Cn1cc(NC(=O)OC(C)(C)C)nc1C(=O)Nc1cccc(C(=O)N2C[C@@H](CCl)c3c2cc(O)c2ccccc32)c1. The summed E-state index contributed by atoms with van der Waals surface area (Å²) in [6.07, 6.45) is 0.811. The molecule has 1 aromatic heterocycles. The van der Waals surface area contributed by atoms with Crippen molar-refractivity contribution in [2.75, 3.05) is 28.0 Å². The van der Waals surface area contributed by atoms with Crippen LogP contribution in [0.5, 0.6) is 5.75 Å². The lowest BCUT2D eigenvalue weighted by Crippen LogP contribution is -2.30. The average Bonchev–Trinajstić information content (AvgIpc) is 3.47. The fourth-order valence-electron chi connectivity index (χ4n) is 4.96. The van der Waals surface area contributed by atoms with Gasteiger partial charge in [-0.25, -0.2) is 9.78 Å². The maximum Gasteiger partial charge on any atom is 0.413 e. The first-order valence-corrected chi connectivity index (χ1v) is 13.6. The maximum absolute atomic E-state index is 13.7. The number of ether oxygens (including phenoxy) is 1. The van der Waals surface area contributed by atoms with E-state index in [0.717, 1.165) is 10.9 Å². The highest BCUT2D eigenvalue weighted by Crippen LogP contribution is 2.45. The molecule has 1 aliphatic rings. The number of phenolic OH excluding ortho intramolecular Hbond substituents is 1. The highest BCUT2D eigenvalue weighted by Gasteiger charge is 2.35. The normalized spacial score (nSPS) is 14.6. The zero-order chi connectivity index (χ0) is 29.5. The van der Waals surface area contributed by atoms with Crippen LogP contribution in [0.15, 0.2) is 60.8 Å². The van der Waals surface area contributed by atoms with Crippen LogP contribution in [-0.4, -0.2) is 50.6 Å². The third kappa shape index (κ3) is 5.69. The minimum Gasteiger partial charge on any atom is -0.507 e. The van der Waals surface area contributed by atoms with Gasteiger partial charge in [-0.05, 0) is 49.9 Å². The Hall–Kier alpha value is -4.57. The van der Waals surface area contributed by atoms with Gasteiger partial charge in [-0.3, -0.25) is 14.9 Å². The Morgan fingerprint density at radius 1 is 1.07 bits per heavy atom. The lowest BCUT2D eigenvalue weighted by atomic mass is 9.95. The maximum atomic E-state index is 13.7. The van der Waals surface area contributed by atoms with Gasteiger partial charge in [0.1, 0.15) is 11.4 Å². The molecule has 0 unspecified atom stereocenters. The van der Waals surface area contributed by atoms with Crippen LogP contribution >= 0.6 is 11.6 Å². The largest absolute Gasteiger partial charge is 0.507 e. The lowest BCUT2D eigenvalue weighted by Gasteiger charge is -2.19. The van der Waals surface area contributed by atoms with Crippen molar-refractivity contribution in [1.29, 1.82) is 0 Å². The molecule has 0 fully saturated rings. The van der Waals surface area contributed by atoms with Crippen molar-refractivity contribution in [3.8, 4) is 5.75 Å². The Morgan fingerprint density at radius 3 is 2.51 bits per heavy atom. The van der Waals surface area contributed by atoms with Crippen LogP contribution in [0.2, 0.25) is 0 Å². The zero-order valence-corrected chi connectivity index (χ0v) is 23.8. The van der Waals surface area contributed by atoms with E-state index in [-0.39, 0.29) is 29.2 Å². The number of carbonyl (C=O) groups is 3. The zero-order valence-electron chi connectivity index (χ0n) is 23.1. The Balaban J connectivity index is 1.36. The number of hydrogen-bond donors (Lipinski definition) is 3. The second-order valence-electron chi connectivity index (χ2n) is 10.9. The van der Waals surface area contributed by atoms with Crippen LogP contribution in [0.4, 0.5) is 22.0 Å². The van der Waals surface area contributed by atoms with E-state index in [1.807, 2.05) is 24.3 Å². The Labute approximate surface area is 241 Å². The summed E-state index contributed by atoms with van der Waals surface area (Å²) < 4.78 is 6.70. The van der Waals surface area contributed by atoms with E-state index >= 15 is 0 Å². The number of aryl methyl sites for hydroxylation is 1. The first kappa shape index (κ1) is 28.0. The number of amides is 3. The standard InChI is InChI=1S/C30H30ClN5O5/c1-30(2,3)41-29(40)34-24-16-35(4)26(33-24)27(38)32-19-9-7-8-17(12-19)28(39)36-15-18(14-31)25-21-11-6-5-10-20(21)23(37)13-22(25)36/h5-13,16,18,37H,14-15H2,1-4H3,(H,32,38)(H,34,40)/t18-/m1/s1. The topological polar surface area (TPSA) is 126 Å². The van der Waals surface area contributed by atoms with Gasteiger partial charge in [0.05, 0.1) is 5.69 Å². The van der Waals surface area contributed by atoms with Crippen LogP contribution in [0.3, 0.4) is 0 Å². The van der Waals surface area contributed by atoms with Gasteiger partial charge in [-0.2, -0.15) is 0 Å². The second kappa shape index (κ2) is 10.8. The highest BCUT2D eigenvalue weighted by molar-refractivity contribution is 6.19. The number of nitrogens with zero attached hydrogens (tertiary/aromatic N) is 3. The average molecular weight is 576 g/mol. The Kier molecular flexibility index (Phi) is 7.35. The predicted octanol–water partition coefficient (Wildman–Crippen LogP) is 5.86. The molecule has 1 aliphatic heterocycles. The molecule has 0 saturated carbocycles. The minimum atomic E-state index is -0.685. The van der Waals surface area contributed by atoms with E-state index in [1.165, 1.54) is 10.8 Å². The second-order valence-corrected chi connectivity index (χ2v) is 11.2. The number of benzene rings is 3. The Bertz CT molecular complexity index is 1680. The van der Waals surface area contributed by atoms with Crippen LogP contribution in [0, 0.1) is 0 Å². The summed E-state index contributed by atoms with van der Waals surface area (Å²) >= 11 is 6.32. The van der Waals surface area contributed by atoms with Crippen LogP contribution in [-0.2, 0) is 11.8 Å². The first-order valence-electron chi connectivity index (χ1n) is 13.0. The molecule has 0 spiro atoms. The highest BCUT2D eigenvalue weighted by atomic mass is 35.5. The van der Waals surface area contributed by atoms with Gasteiger partial charge in [0.2, 0.25) is 5.82 Å². The molecule has 0 aliphatic carbocycles. The number of fused-ring (bicyclic) bond motifs is 3. The summed E-state index contributed by atoms with van der Waals surface area (Å²) in [6, 6.07) is 15.7. The van der Waals surface area contributed by atoms with E-state index in [1.54, 1.807) is 63.1 Å². The molecule has 1 atom stereocenters. The van der Waals surface area contributed by atoms with Crippen molar-refractivity contribution in [1.82, 2.24) is 9.55 Å². The van der Waals surface area contributed by atoms with Gasteiger partial charge >= 0.3 is 6.09 Å². The van der Waals surface area contributed by atoms with Gasteiger partial charge in [0.15, 0.2) is 5.82 Å². The van der Waals surface area contributed by atoms with Crippen molar-refractivity contribution in [3.05, 3.63) is 77.7 Å². The van der Waals surface area contributed by atoms with E-state index in [0.29, 0.717) is 34.7 Å². The van der Waals surface area contributed by atoms with Crippen molar-refractivity contribution >= 4 is 57.5 Å². The molecule has 10 nitrogen and oxygen atoms in total. The first-order chi connectivity index (χ1) is 19.4. The van der Waals surface area contributed by atoms with Crippen molar-refractivity contribution in [3.63, 3.8) is 0 Å². The van der Waals surface area contributed by atoms with Crippen molar-refractivity contribution in [2.24, 2.45) is 7.05 Å². The molecule has 5 rings (SSSR count). The molecular weight excluding hydrogens is 546 g/mol. The number of anilines is 3. The van der Waals surface area contributed by atoms with Gasteiger partial charge in [-0.15, -0.1) is 11.6 Å². The monoisotopic (exact) mass is 575 g/mol. The van der Waals surface area contributed by atoms with Gasteiger partial charge in [0.25, 0.3) is 11.8 Å². The number of aromatic nitrogens is 2. The molecule has 0 bridgehead atoms. The molecule has 3 N–H and O–H groups in total. The van der Waals surface area contributed by atoms with Crippen molar-refractivity contribution < 1.29 is 24.2 Å². The molecule has 2 heterocycles. The predicted molar refractivity (Wildman–Crippen MR) is 158 cm³/mol. The number of alkyl halides is 1. The molecule has 0 radical (unpaired) electrons. The molecular formula is C30H30ClN5O5.